The third kappa shape index (κ3) is 4.33. The number of thiophene rings is 1. The van der Waals surface area contributed by atoms with Crippen LogP contribution in [0, 0.1) is 0 Å². The van der Waals surface area contributed by atoms with Gasteiger partial charge in [0.1, 0.15) is 0 Å². The lowest BCUT2D eigenvalue weighted by molar-refractivity contribution is 0.866. The van der Waals surface area contributed by atoms with Crippen LogP contribution in [-0.4, -0.2) is 26.2 Å². The van der Waals surface area contributed by atoms with Crippen molar-refractivity contribution < 1.29 is 0 Å². The molecule has 0 aliphatic heterocycles. The van der Waals surface area contributed by atoms with Gasteiger partial charge in [0.15, 0.2) is 0 Å². The van der Waals surface area contributed by atoms with E-state index >= 15 is 0 Å². The van der Waals surface area contributed by atoms with Crippen molar-refractivity contribution in [3.63, 3.8) is 0 Å². The minimum Gasteiger partial charge on any atom is -0.372 e. The van der Waals surface area contributed by atoms with Crippen LogP contribution in [0.15, 0.2) is 66.0 Å². The second kappa shape index (κ2) is 9.65. The number of benzene rings is 2. The first-order chi connectivity index (χ1) is 13.7. The highest BCUT2D eigenvalue weighted by Crippen LogP contribution is 2.38. The van der Waals surface area contributed by atoms with Gasteiger partial charge in [0.25, 0.3) is 0 Å². The Kier molecular flexibility index (Phi) is 6.99. The van der Waals surface area contributed by atoms with Gasteiger partial charge in [-0.1, -0.05) is 0 Å². The summed E-state index contributed by atoms with van der Waals surface area (Å²) in [6.45, 7) is 12.9. The van der Waals surface area contributed by atoms with Crippen molar-refractivity contribution in [3.05, 3.63) is 66.0 Å². The van der Waals surface area contributed by atoms with Crippen molar-refractivity contribution in [2.24, 2.45) is 0 Å². The van der Waals surface area contributed by atoms with E-state index in [4.69, 9.17) is 0 Å². The van der Waals surface area contributed by atoms with E-state index in [-0.39, 0.29) is 0 Å². The van der Waals surface area contributed by atoms with E-state index in [2.05, 4.69) is 108 Å². The van der Waals surface area contributed by atoms with Crippen molar-refractivity contribution >= 4 is 39.1 Å². The molecule has 0 bridgehead atoms. The summed E-state index contributed by atoms with van der Waals surface area (Å²) >= 11 is 1.76. The number of hydrogen-bond donors (Lipinski definition) is 0. The van der Waals surface area contributed by atoms with Crippen LogP contribution >= 0.6 is 11.3 Å². The van der Waals surface area contributed by atoms with Gasteiger partial charge in [-0.25, -0.2) is 0 Å². The molecule has 0 spiro atoms. The number of hydrogen-bond acceptors (Lipinski definition) is 4. The molecule has 0 fully saturated rings. The highest BCUT2D eigenvalue weighted by Gasteiger charge is 2.14. The van der Waals surface area contributed by atoms with Gasteiger partial charge in [0.05, 0.1) is 5.00 Å². The lowest BCUT2D eigenvalue weighted by Crippen LogP contribution is -2.22. The fourth-order valence-electron chi connectivity index (χ4n) is 3.60. The molecule has 0 atom stereocenters. The Hall–Kier alpha value is -2.46. The monoisotopic (exact) mass is 393 g/mol. The average molecular weight is 394 g/mol. The maximum absolute atomic E-state index is 2.37. The number of nitrogens with zero attached hydrogens (tertiary/aromatic N) is 3. The van der Waals surface area contributed by atoms with Gasteiger partial charge in [-0.15, -0.1) is 11.3 Å². The van der Waals surface area contributed by atoms with Crippen LogP contribution in [0.2, 0.25) is 0 Å². The highest BCUT2D eigenvalue weighted by molar-refractivity contribution is 7.14. The zero-order valence-corrected chi connectivity index (χ0v) is 18.2. The van der Waals surface area contributed by atoms with Crippen LogP contribution in [0.4, 0.5) is 27.8 Å². The highest BCUT2D eigenvalue weighted by atomic mass is 32.1. The SMILES string of the molecule is CCN(CC)c1ccc(N(c2ccc(N(CC)CC)cc2)c2cccs2)cc1. The van der Waals surface area contributed by atoms with Crippen molar-refractivity contribution in [3.8, 4) is 0 Å². The van der Waals surface area contributed by atoms with E-state index in [0.29, 0.717) is 0 Å². The molecular formula is C24H31N3S. The molecule has 3 rings (SSSR count). The van der Waals surface area contributed by atoms with Crippen LogP contribution in [0.1, 0.15) is 27.7 Å². The van der Waals surface area contributed by atoms with E-state index in [9.17, 15) is 0 Å². The zero-order valence-electron chi connectivity index (χ0n) is 17.4. The average Bonchev–Trinajstić information content (AvgIpc) is 3.26. The zero-order chi connectivity index (χ0) is 19.9. The van der Waals surface area contributed by atoms with Gasteiger partial charge in [-0.05, 0) is 93.7 Å². The van der Waals surface area contributed by atoms with Crippen LogP contribution in [0.25, 0.3) is 0 Å². The normalized spacial score (nSPS) is 10.7. The van der Waals surface area contributed by atoms with Crippen LogP contribution in [0.3, 0.4) is 0 Å². The molecule has 0 radical (unpaired) electrons. The Morgan fingerprint density at radius 1 is 0.571 bits per heavy atom. The Morgan fingerprint density at radius 2 is 0.964 bits per heavy atom. The quantitative estimate of drug-likeness (QED) is 0.391. The molecule has 0 amide bonds. The van der Waals surface area contributed by atoms with Crippen molar-refractivity contribution in [2.75, 3.05) is 40.9 Å². The Labute approximate surface area is 173 Å². The van der Waals surface area contributed by atoms with Crippen molar-refractivity contribution in [1.29, 1.82) is 0 Å². The second-order valence-corrected chi connectivity index (χ2v) is 7.59. The van der Waals surface area contributed by atoms with Gasteiger partial charge in [0.2, 0.25) is 0 Å². The van der Waals surface area contributed by atoms with Gasteiger partial charge in [-0.2, -0.15) is 0 Å². The van der Waals surface area contributed by atoms with Gasteiger partial charge >= 0.3 is 0 Å². The van der Waals surface area contributed by atoms with Crippen molar-refractivity contribution in [2.45, 2.75) is 27.7 Å². The first kappa shape index (κ1) is 20.3. The third-order valence-electron chi connectivity index (χ3n) is 5.20. The van der Waals surface area contributed by atoms with Gasteiger partial charge < -0.3 is 14.7 Å². The fraction of sp³-hybridized carbons (Fsp3) is 0.333. The van der Waals surface area contributed by atoms with Crippen LogP contribution in [-0.2, 0) is 0 Å². The van der Waals surface area contributed by atoms with E-state index in [1.54, 1.807) is 11.3 Å². The first-order valence-corrected chi connectivity index (χ1v) is 11.1. The largest absolute Gasteiger partial charge is 0.372 e. The summed E-state index contributed by atoms with van der Waals surface area (Å²) in [4.78, 5) is 7.08. The summed E-state index contributed by atoms with van der Waals surface area (Å²) in [5, 5.41) is 3.36. The summed E-state index contributed by atoms with van der Waals surface area (Å²) in [7, 11) is 0. The third-order valence-corrected chi connectivity index (χ3v) is 6.05. The summed E-state index contributed by atoms with van der Waals surface area (Å²) in [6, 6.07) is 22.1. The lowest BCUT2D eigenvalue weighted by Gasteiger charge is -2.27. The Balaban J connectivity index is 1.95. The van der Waals surface area contributed by atoms with E-state index in [1.807, 2.05) is 0 Å². The molecule has 1 aromatic heterocycles. The van der Waals surface area contributed by atoms with Crippen LogP contribution in [0.5, 0.6) is 0 Å². The second-order valence-electron chi connectivity index (χ2n) is 6.66. The van der Waals surface area contributed by atoms with E-state index in [0.717, 1.165) is 26.2 Å². The summed E-state index contributed by atoms with van der Waals surface area (Å²) in [5.74, 6) is 0. The summed E-state index contributed by atoms with van der Waals surface area (Å²) in [5.41, 5.74) is 4.93. The number of rotatable bonds is 9. The Bertz CT molecular complexity index is 762. The van der Waals surface area contributed by atoms with Crippen molar-refractivity contribution in [1.82, 2.24) is 0 Å². The molecule has 4 heteroatoms. The predicted octanol–water partition coefficient (Wildman–Crippen LogP) is 6.91. The van der Waals surface area contributed by atoms with Gasteiger partial charge in [0, 0.05) is 48.9 Å². The van der Waals surface area contributed by atoms with Crippen LogP contribution < -0.4 is 14.7 Å². The molecule has 0 aliphatic carbocycles. The minimum atomic E-state index is 1.03. The molecule has 0 unspecified atom stereocenters. The molecule has 2 aromatic carbocycles. The first-order valence-electron chi connectivity index (χ1n) is 10.2. The maximum Gasteiger partial charge on any atom is 0.0999 e. The molecule has 3 nitrogen and oxygen atoms in total. The maximum atomic E-state index is 2.37. The molecule has 0 saturated carbocycles. The minimum absolute atomic E-state index is 1.03. The molecule has 148 valence electrons. The summed E-state index contributed by atoms with van der Waals surface area (Å²) < 4.78 is 0. The topological polar surface area (TPSA) is 9.72 Å². The molecule has 3 aromatic rings. The van der Waals surface area contributed by atoms with Gasteiger partial charge in [-0.3, -0.25) is 0 Å². The summed E-state index contributed by atoms with van der Waals surface area (Å²) in [6.07, 6.45) is 0. The Morgan fingerprint density at radius 3 is 1.29 bits per heavy atom. The van der Waals surface area contributed by atoms with E-state index in [1.165, 1.54) is 27.8 Å². The molecule has 1 heterocycles. The molecule has 0 N–H and O–H groups in total. The lowest BCUT2D eigenvalue weighted by atomic mass is 10.2. The van der Waals surface area contributed by atoms with E-state index < -0.39 is 0 Å². The fourth-order valence-corrected chi connectivity index (χ4v) is 4.37. The smallest absolute Gasteiger partial charge is 0.0999 e. The standard InChI is InChI=1S/C24H31N3S/c1-5-25(6-2)20-11-15-22(16-12-20)27(24-10-9-19-28-24)23-17-13-21(14-18-23)26(7-3)8-4/h9-19H,5-8H2,1-4H3. The molecular weight excluding hydrogens is 362 g/mol. The number of anilines is 5. The predicted molar refractivity (Wildman–Crippen MR) is 126 cm³/mol. The molecule has 0 saturated heterocycles. The molecule has 28 heavy (non-hydrogen) atoms. The molecule has 0 aliphatic rings.